The Labute approximate surface area is 84.3 Å². The normalized spacial score (nSPS) is 12.6. The first-order valence-corrected chi connectivity index (χ1v) is 4.42. The smallest absolute Gasteiger partial charge is 0.126 e. The third-order valence-electron chi connectivity index (χ3n) is 1.90. The maximum atomic E-state index is 5.25. The van der Waals surface area contributed by atoms with E-state index in [1.165, 1.54) is 0 Å². The van der Waals surface area contributed by atoms with Crippen LogP contribution in [0.1, 0.15) is 0 Å². The van der Waals surface area contributed by atoms with Gasteiger partial charge in [-0.2, -0.15) is 0 Å². The van der Waals surface area contributed by atoms with Gasteiger partial charge in [0.25, 0.3) is 0 Å². The van der Waals surface area contributed by atoms with Crippen LogP contribution in [-0.4, -0.2) is 7.11 Å². The molecule has 0 atom stereocenters. The van der Waals surface area contributed by atoms with E-state index >= 15 is 0 Å². The summed E-state index contributed by atoms with van der Waals surface area (Å²) in [6.45, 7) is 7.36. The summed E-state index contributed by atoms with van der Waals surface area (Å²) in [7, 11) is 1.66. The van der Waals surface area contributed by atoms with Crippen molar-refractivity contribution in [1.82, 2.24) is 0 Å². The van der Waals surface area contributed by atoms with Crippen LogP contribution in [-0.2, 0) is 0 Å². The van der Waals surface area contributed by atoms with E-state index < -0.39 is 0 Å². The van der Waals surface area contributed by atoms with Gasteiger partial charge in [-0.25, -0.2) is 0 Å². The summed E-state index contributed by atoms with van der Waals surface area (Å²) >= 11 is 0. The zero-order valence-corrected chi connectivity index (χ0v) is 8.36. The molecule has 0 saturated heterocycles. The zero-order valence-electron chi connectivity index (χ0n) is 8.36. The molecule has 0 unspecified atom stereocenters. The lowest BCUT2D eigenvalue weighted by molar-refractivity contribution is 0.411. The molecule has 0 spiro atoms. The molecule has 72 valence electrons. The van der Waals surface area contributed by atoms with Gasteiger partial charge >= 0.3 is 0 Å². The zero-order chi connectivity index (χ0) is 10.4. The summed E-state index contributed by atoms with van der Waals surface area (Å²) in [5.74, 6) is 0.848. The summed E-state index contributed by atoms with van der Waals surface area (Å²) in [5.41, 5.74) is 0. The minimum atomic E-state index is 0.848. The average Bonchev–Trinajstić information content (AvgIpc) is 2.21. The molecule has 14 heavy (non-hydrogen) atoms. The second-order valence-electron chi connectivity index (χ2n) is 2.77. The van der Waals surface area contributed by atoms with Crippen molar-refractivity contribution in [1.29, 1.82) is 0 Å². The number of hydrogen-bond donors (Lipinski definition) is 0. The van der Waals surface area contributed by atoms with Crippen LogP contribution in [0.2, 0.25) is 0 Å². The Morgan fingerprint density at radius 3 is 2.43 bits per heavy atom. The Hall–Kier alpha value is -1.76. The van der Waals surface area contributed by atoms with Crippen LogP contribution < -0.4 is 15.2 Å². The van der Waals surface area contributed by atoms with Gasteiger partial charge in [0.1, 0.15) is 5.75 Å². The fraction of sp³-hybridized carbons (Fsp3) is 0.0769. The van der Waals surface area contributed by atoms with Crippen LogP contribution in [0.3, 0.4) is 0 Å². The van der Waals surface area contributed by atoms with E-state index in [1.54, 1.807) is 19.3 Å². The molecular formula is C13H14O. The largest absolute Gasteiger partial charge is 0.496 e. The van der Waals surface area contributed by atoms with Crippen LogP contribution in [0, 0.1) is 0 Å². The van der Waals surface area contributed by atoms with Gasteiger partial charge in [0.2, 0.25) is 0 Å². The molecule has 0 saturated carbocycles. The maximum Gasteiger partial charge on any atom is 0.126 e. The van der Waals surface area contributed by atoms with E-state index in [0.717, 1.165) is 16.2 Å². The molecule has 0 radical (unpaired) electrons. The van der Waals surface area contributed by atoms with E-state index in [-0.39, 0.29) is 0 Å². The first-order valence-electron chi connectivity index (χ1n) is 4.42. The number of methoxy groups -OCH3 is 1. The lowest BCUT2D eigenvalue weighted by Crippen LogP contribution is -2.25. The molecule has 1 nitrogen and oxygen atoms in total. The highest BCUT2D eigenvalue weighted by atomic mass is 16.5. The van der Waals surface area contributed by atoms with Crippen molar-refractivity contribution in [3.05, 3.63) is 53.9 Å². The molecule has 1 heteroatoms. The lowest BCUT2D eigenvalue weighted by Gasteiger charge is -2.00. The summed E-state index contributed by atoms with van der Waals surface area (Å²) < 4.78 is 5.25. The second-order valence-corrected chi connectivity index (χ2v) is 2.77. The standard InChI is InChI=1S/C13H14O/c1-4-7-11-9-6-10-13(14-3)12(11)8-5-2/h4-10H,1-2H2,3H3/b11-7-,12-8+. The van der Waals surface area contributed by atoms with Crippen molar-refractivity contribution < 1.29 is 4.74 Å². The Kier molecular flexibility index (Phi) is 3.74. The van der Waals surface area contributed by atoms with Crippen molar-refractivity contribution in [2.45, 2.75) is 0 Å². The molecule has 0 aliphatic carbocycles. The molecule has 0 amide bonds. The molecule has 1 aromatic carbocycles. The quantitative estimate of drug-likeness (QED) is 0.697. The molecule has 0 N–H and O–H groups in total. The van der Waals surface area contributed by atoms with Gasteiger partial charge in [0.15, 0.2) is 0 Å². The van der Waals surface area contributed by atoms with Crippen LogP contribution in [0.15, 0.2) is 43.5 Å². The van der Waals surface area contributed by atoms with Gasteiger partial charge in [0.05, 0.1) is 7.11 Å². The molecule has 0 aliphatic rings. The average molecular weight is 186 g/mol. The van der Waals surface area contributed by atoms with Crippen molar-refractivity contribution >= 4 is 12.2 Å². The van der Waals surface area contributed by atoms with E-state index in [0.29, 0.717) is 0 Å². The van der Waals surface area contributed by atoms with E-state index in [1.807, 2.05) is 30.4 Å². The lowest BCUT2D eigenvalue weighted by atomic mass is 10.2. The Balaban J connectivity index is 3.60. The van der Waals surface area contributed by atoms with E-state index in [9.17, 15) is 0 Å². The van der Waals surface area contributed by atoms with Crippen molar-refractivity contribution in [3.8, 4) is 5.75 Å². The van der Waals surface area contributed by atoms with Gasteiger partial charge in [-0.15, -0.1) is 0 Å². The fourth-order valence-electron chi connectivity index (χ4n) is 1.31. The Morgan fingerprint density at radius 1 is 1.14 bits per heavy atom. The number of allylic oxidation sites excluding steroid dienone is 2. The van der Waals surface area contributed by atoms with Crippen molar-refractivity contribution in [3.63, 3.8) is 0 Å². The molecular weight excluding hydrogens is 172 g/mol. The minimum absolute atomic E-state index is 0.848. The summed E-state index contributed by atoms with van der Waals surface area (Å²) in [5, 5.41) is 2.11. The van der Waals surface area contributed by atoms with Gasteiger partial charge in [-0.05, 0) is 11.3 Å². The first kappa shape index (κ1) is 10.3. The monoisotopic (exact) mass is 186 g/mol. The fourth-order valence-corrected chi connectivity index (χ4v) is 1.31. The van der Waals surface area contributed by atoms with Gasteiger partial charge in [0, 0.05) is 5.22 Å². The molecule has 0 aromatic heterocycles. The summed E-state index contributed by atoms with van der Waals surface area (Å²) in [4.78, 5) is 0. The molecule has 1 aromatic rings. The first-order chi connectivity index (χ1) is 6.83. The highest BCUT2D eigenvalue weighted by Gasteiger charge is 1.92. The van der Waals surface area contributed by atoms with Crippen LogP contribution in [0.4, 0.5) is 0 Å². The van der Waals surface area contributed by atoms with Crippen molar-refractivity contribution in [2.75, 3.05) is 7.11 Å². The predicted molar refractivity (Wildman–Crippen MR) is 61.6 cm³/mol. The van der Waals surface area contributed by atoms with Crippen molar-refractivity contribution in [2.24, 2.45) is 0 Å². The van der Waals surface area contributed by atoms with Gasteiger partial charge < -0.3 is 4.74 Å². The van der Waals surface area contributed by atoms with Gasteiger partial charge in [-0.1, -0.05) is 49.6 Å². The van der Waals surface area contributed by atoms with Crippen LogP contribution in [0.25, 0.3) is 12.2 Å². The Bertz CT molecular complexity index is 441. The Morgan fingerprint density at radius 2 is 1.86 bits per heavy atom. The minimum Gasteiger partial charge on any atom is -0.496 e. The highest BCUT2D eigenvalue weighted by molar-refractivity contribution is 5.46. The maximum absolute atomic E-state index is 5.25. The number of benzene rings is 1. The third kappa shape index (κ3) is 2.13. The predicted octanol–water partition coefficient (Wildman–Crippen LogP) is 1.63. The van der Waals surface area contributed by atoms with E-state index in [4.69, 9.17) is 4.74 Å². The molecule has 0 bridgehead atoms. The molecule has 0 heterocycles. The topological polar surface area (TPSA) is 9.23 Å². The number of hydrogen-bond acceptors (Lipinski definition) is 1. The highest BCUT2D eigenvalue weighted by Crippen LogP contribution is 1.97. The summed E-state index contributed by atoms with van der Waals surface area (Å²) in [6.07, 6.45) is 7.37. The van der Waals surface area contributed by atoms with Crippen LogP contribution in [0.5, 0.6) is 5.75 Å². The SMILES string of the molecule is C=C/C=c1/cccc(OC)/c1=C/C=C. The number of ether oxygens (including phenoxy) is 1. The van der Waals surface area contributed by atoms with Gasteiger partial charge in [-0.3, -0.25) is 0 Å². The second kappa shape index (κ2) is 5.07. The molecule has 0 aliphatic heterocycles. The summed E-state index contributed by atoms with van der Waals surface area (Å²) in [6, 6.07) is 5.89. The van der Waals surface area contributed by atoms with E-state index in [2.05, 4.69) is 13.2 Å². The molecule has 1 rings (SSSR count). The molecule has 0 fully saturated rings. The number of rotatable bonds is 3. The third-order valence-corrected chi connectivity index (χ3v) is 1.90. The van der Waals surface area contributed by atoms with Crippen LogP contribution >= 0.6 is 0 Å².